The average molecular weight is 435 g/mol. The van der Waals surface area contributed by atoms with Gasteiger partial charge in [-0.1, -0.05) is 50.2 Å². The van der Waals surface area contributed by atoms with Gasteiger partial charge in [0.1, 0.15) is 0 Å². The van der Waals surface area contributed by atoms with E-state index in [2.05, 4.69) is 60.3 Å². The van der Waals surface area contributed by atoms with Crippen molar-refractivity contribution < 1.29 is 0 Å². The van der Waals surface area contributed by atoms with Gasteiger partial charge in [0.05, 0.1) is 16.2 Å². The zero-order valence-electron chi connectivity index (χ0n) is 18.6. The summed E-state index contributed by atoms with van der Waals surface area (Å²) in [6.45, 7) is 14.8. The lowest BCUT2D eigenvalue weighted by Gasteiger charge is -2.39. The Morgan fingerprint density at radius 1 is 1.06 bits per heavy atom. The number of benzene rings is 1. The van der Waals surface area contributed by atoms with Gasteiger partial charge in [0, 0.05) is 68.0 Å². The van der Waals surface area contributed by atoms with Crippen molar-refractivity contribution in [3.63, 3.8) is 0 Å². The van der Waals surface area contributed by atoms with Gasteiger partial charge in [-0.05, 0) is 36.6 Å². The topological polar surface area (TPSA) is 24.3 Å². The van der Waals surface area contributed by atoms with E-state index in [1.165, 1.54) is 18.5 Å². The van der Waals surface area contributed by atoms with Crippen molar-refractivity contribution in [3.05, 3.63) is 72.2 Å². The molecule has 3 aromatic rings. The van der Waals surface area contributed by atoms with Gasteiger partial charge in [0.15, 0.2) is 0 Å². The first-order valence-electron chi connectivity index (χ1n) is 11.1. The number of unbranched alkanes of at least 4 members (excludes halogenated alkanes) is 1. The van der Waals surface area contributed by atoms with Gasteiger partial charge in [-0.2, -0.15) is 0 Å². The van der Waals surface area contributed by atoms with Crippen molar-refractivity contribution in [1.29, 1.82) is 0 Å². The Hall–Kier alpha value is -2.72. The third-order valence-electron chi connectivity index (χ3n) is 6.15. The van der Waals surface area contributed by atoms with E-state index >= 15 is 0 Å². The molecule has 0 spiro atoms. The molecule has 0 bridgehead atoms. The van der Waals surface area contributed by atoms with Crippen LogP contribution in [0.1, 0.15) is 31.7 Å². The second-order valence-corrected chi connectivity index (χ2v) is 8.78. The lowest BCUT2D eigenvalue weighted by atomic mass is 10.1. The number of pyridine rings is 1. The summed E-state index contributed by atoms with van der Waals surface area (Å²) in [4.78, 5) is 9.69. The molecule has 162 valence electrons. The first kappa shape index (κ1) is 21.5. The second-order valence-electron chi connectivity index (χ2n) is 8.38. The minimum Gasteiger partial charge on any atom is -0.372 e. The third kappa shape index (κ3) is 4.64. The minimum absolute atomic E-state index is 0.722. The highest BCUT2D eigenvalue weighted by atomic mass is 35.5. The van der Waals surface area contributed by atoms with Gasteiger partial charge in [-0.3, -0.25) is 0 Å². The van der Waals surface area contributed by atoms with Crippen LogP contribution in [0.2, 0.25) is 5.02 Å². The Bertz CT molecular complexity index is 1110. The van der Waals surface area contributed by atoms with E-state index in [0.29, 0.717) is 0 Å². The molecule has 31 heavy (non-hydrogen) atoms. The summed E-state index contributed by atoms with van der Waals surface area (Å²) in [5.41, 5.74) is 6.26. The maximum atomic E-state index is 6.59. The molecule has 0 saturated carbocycles. The number of halogens is 1. The molecule has 4 nitrogen and oxygen atoms in total. The van der Waals surface area contributed by atoms with Crippen LogP contribution in [0.15, 0.2) is 61.6 Å². The van der Waals surface area contributed by atoms with Gasteiger partial charge in [-0.25, -0.2) is 4.98 Å². The summed E-state index contributed by atoms with van der Waals surface area (Å²) < 4.78 is 2.02. The number of fused-ring (bicyclic) bond motifs is 1. The van der Waals surface area contributed by atoms with Crippen molar-refractivity contribution in [3.8, 4) is 11.3 Å². The van der Waals surface area contributed by atoms with Crippen LogP contribution in [-0.2, 0) is 7.05 Å². The number of nitrogens with zero attached hydrogens (tertiary/aromatic N) is 4. The summed E-state index contributed by atoms with van der Waals surface area (Å²) in [5.74, 6) is 0. The molecule has 1 aliphatic rings. The van der Waals surface area contributed by atoms with Crippen LogP contribution in [0.4, 0.5) is 0 Å². The Balaban J connectivity index is 1.52. The summed E-state index contributed by atoms with van der Waals surface area (Å²) in [7, 11) is 2.01. The number of hydrogen-bond donors (Lipinski definition) is 0. The summed E-state index contributed by atoms with van der Waals surface area (Å²) in [5, 5.41) is 1.69. The molecule has 1 fully saturated rings. The fourth-order valence-electron chi connectivity index (χ4n) is 4.18. The van der Waals surface area contributed by atoms with Gasteiger partial charge in [0.2, 0.25) is 0 Å². The lowest BCUT2D eigenvalue weighted by molar-refractivity contribution is 0.209. The fourth-order valence-corrected chi connectivity index (χ4v) is 4.45. The monoisotopic (exact) mass is 434 g/mol. The van der Waals surface area contributed by atoms with Gasteiger partial charge in [0.25, 0.3) is 0 Å². The summed E-state index contributed by atoms with van der Waals surface area (Å²) in [6, 6.07) is 10.3. The van der Waals surface area contributed by atoms with Crippen LogP contribution in [0.3, 0.4) is 0 Å². The van der Waals surface area contributed by atoms with E-state index in [0.717, 1.165) is 71.0 Å². The third-order valence-corrected chi connectivity index (χ3v) is 6.46. The van der Waals surface area contributed by atoms with Crippen LogP contribution in [0.25, 0.3) is 27.9 Å². The number of rotatable bonds is 7. The number of piperazine rings is 1. The molecule has 2 aromatic heterocycles. The molecule has 0 radical (unpaired) electrons. The van der Waals surface area contributed by atoms with Crippen LogP contribution in [-0.4, -0.2) is 45.5 Å². The highest BCUT2D eigenvalue weighted by molar-refractivity contribution is 6.35. The molecular formula is C26H31ClN4. The summed E-state index contributed by atoms with van der Waals surface area (Å²) in [6.07, 6.45) is 7.59. The maximum Gasteiger partial charge on any atom is 0.0739 e. The largest absolute Gasteiger partial charge is 0.372 e. The van der Waals surface area contributed by atoms with Crippen molar-refractivity contribution in [2.24, 2.45) is 7.05 Å². The Labute approximate surface area is 190 Å². The smallest absolute Gasteiger partial charge is 0.0739 e. The average Bonchev–Trinajstić information content (AvgIpc) is 3.23. The molecule has 0 unspecified atom stereocenters. The molecule has 3 heterocycles. The number of aryl methyl sites for hydroxylation is 1. The van der Waals surface area contributed by atoms with Crippen molar-refractivity contribution in [2.75, 3.05) is 26.2 Å². The molecule has 1 aromatic carbocycles. The molecule has 1 aliphatic heterocycles. The number of hydrogen-bond acceptors (Lipinski definition) is 3. The van der Waals surface area contributed by atoms with Crippen molar-refractivity contribution in [2.45, 2.75) is 26.2 Å². The zero-order chi connectivity index (χ0) is 22.0. The molecule has 0 amide bonds. The highest BCUT2D eigenvalue weighted by Crippen LogP contribution is 2.31. The molecule has 0 N–H and O–H groups in total. The highest BCUT2D eigenvalue weighted by Gasteiger charge is 2.20. The van der Waals surface area contributed by atoms with Gasteiger partial charge < -0.3 is 14.4 Å². The van der Waals surface area contributed by atoms with E-state index < -0.39 is 0 Å². The zero-order valence-corrected chi connectivity index (χ0v) is 19.3. The Morgan fingerprint density at radius 2 is 1.81 bits per heavy atom. The number of aromatic nitrogens is 2. The molecular weight excluding hydrogens is 404 g/mol. The molecule has 0 aliphatic carbocycles. The van der Waals surface area contributed by atoms with E-state index in [1.54, 1.807) is 0 Å². The van der Waals surface area contributed by atoms with E-state index in [4.69, 9.17) is 16.6 Å². The number of allylic oxidation sites excluding steroid dienone is 1. The van der Waals surface area contributed by atoms with Gasteiger partial charge >= 0.3 is 0 Å². The van der Waals surface area contributed by atoms with E-state index in [1.807, 2.05) is 23.9 Å². The van der Waals surface area contributed by atoms with Crippen LogP contribution in [0, 0.1) is 0 Å². The molecule has 0 atom stereocenters. The van der Waals surface area contributed by atoms with Crippen LogP contribution >= 0.6 is 11.6 Å². The second kappa shape index (κ2) is 9.19. The fraction of sp³-hybridized carbons (Fsp3) is 0.346. The molecule has 4 rings (SSSR count). The van der Waals surface area contributed by atoms with Gasteiger partial charge in [-0.15, -0.1) is 0 Å². The SMILES string of the molecule is C=C(CCCC)N1CCN(C(=C)c2ccc3c(Cl)cc(-c4ccn(C)c4)nc3c2)CC1. The van der Waals surface area contributed by atoms with E-state index in [9.17, 15) is 0 Å². The first-order valence-corrected chi connectivity index (χ1v) is 11.4. The van der Waals surface area contributed by atoms with Crippen LogP contribution < -0.4 is 0 Å². The Morgan fingerprint density at radius 3 is 2.48 bits per heavy atom. The maximum absolute atomic E-state index is 6.59. The standard InChI is InChI=1S/C26H31ClN4/c1-5-6-7-19(2)30-12-14-31(15-13-30)20(3)21-8-9-23-24(27)17-25(28-26(23)16-21)22-10-11-29(4)18-22/h8-11,16-18H,2-3,5-7,12-15H2,1,4H3. The predicted molar refractivity (Wildman–Crippen MR) is 132 cm³/mol. The van der Waals surface area contributed by atoms with Crippen LogP contribution in [0.5, 0.6) is 0 Å². The molecule has 5 heteroatoms. The molecule has 1 saturated heterocycles. The first-order chi connectivity index (χ1) is 15.0. The lowest BCUT2D eigenvalue weighted by Crippen LogP contribution is -2.44. The summed E-state index contributed by atoms with van der Waals surface area (Å²) >= 11 is 6.59. The van der Waals surface area contributed by atoms with E-state index in [-0.39, 0.29) is 0 Å². The normalized spacial score (nSPS) is 14.3. The van der Waals surface area contributed by atoms with Crippen molar-refractivity contribution in [1.82, 2.24) is 19.4 Å². The Kier molecular flexibility index (Phi) is 6.38. The quantitative estimate of drug-likeness (QED) is 0.443. The van der Waals surface area contributed by atoms with Crippen molar-refractivity contribution >= 4 is 28.2 Å². The minimum atomic E-state index is 0.722. The predicted octanol–water partition coefficient (Wildman–Crippen LogP) is 6.19.